The molecule has 2 nitrogen and oxygen atoms in total. The zero-order chi connectivity index (χ0) is 43.0. The summed E-state index contributed by atoms with van der Waals surface area (Å²) >= 11 is 7.40. The number of aromatic nitrogens is 2. The van der Waals surface area contributed by atoms with Crippen LogP contribution in [0.2, 0.25) is 0 Å². The highest BCUT2D eigenvalue weighted by atomic mass is 32.1. The Morgan fingerprint density at radius 3 is 0.879 bits per heavy atom. The van der Waals surface area contributed by atoms with Crippen LogP contribution in [-0.4, -0.2) is 9.97 Å². The van der Waals surface area contributed by atoms with Gasteiger partial charge in [-0.25, -0.2) is 9.97 Å². The third-order valence-electron chi connectivity index (χ3n) is 13.4. The van der Waals surface area contributed by atoms with E-state index in [1.54, 1.807) is 0 Å². The Morgan fingerprint density at radius 1 is 0.242 bits per heavy atom. The zero-order valence-corrected chi connectivity index (χ0v) is 38.3. The first-order valence-corrected chi connectivity index (χ1v) is 25.4. The van der Waals surface area contributed by atoms with Crippen LogP contribution in [0.1, 0.15) is 0 Å². The van der Waals surface area contributed by atoms with Crippen molar-refractivity contribution < 1.29 is 0 Å². The fourth-order valence-corrected chi connectivity index (χ4v) is 14.6. The lowest BCUT2D eigenvalue weighted by Crippen LogP contribution is -1.96. The highest BCUT2D eigenvalue weighted by Gasteiger charge is 2.20. The molecule has 0 atom stereocenters. The van der Waals surface area contributed by atoms with Gasteiger partial charge in [0, 0.05) is 114 Å². The van der Waals surface area contributed by atoms with Crippen LogP contribution in [0.4, 0.5) is 0 Å². The molecular weight excluding hydrogens is 877 g/mol. The largest absolute Gasteiger partial charge is 0.245 e. The standard InChI is InChI=1S/C60H32N2S4/c1-5-13-49-39(9-1)45-27-33(19-23-53(45)63-49)43-29-37-17-18-38-30-44(34-20-24-54-46(28-34)40-10-2-6-14-50(40)64-54)58(36-22-26-56-48(32-36)42-12-4-8-16-52(42)66-56)62-60(38)59(37)61-57(43)35-21-25-55-47(31-35)41-11-3-7-15-51(41)65-55/h1-32H. The van der Waals surface area contributed by atoms with Gasteiger partial charge in [0.15, 0.2) is 0 Å². The maximum absolute atomic E-state index is 5.79. The summed E-state index contributed by atoms with van der Waals surface area (Å²) in [5.41, 5.74) is 10.4. The first kappa shape index (κ1) is 37.0. The maximum atomic E-state index is 5.79. The topological polar surface area (TPSA) is 25.8 Å². The van der Waals surface area contributed by atoms with Crippen molar-refractivity contribution in [3.63, 3.8) is 0 Å². The molecule has 0 aliphatic carbocycles. The van der Waals surface area contributed by atoms with Crippen LogP contribution >= 0.6 is 45.3 Å². The maximum Gasteiger partial charge on any atom is 0.0972 e. The van der Waals surface area contributed by atoms with Crippen LogP contribution < -0.4 is 0 Å². The molecular formula is C60H32N2S4. The number of nitrogens with zero attached hydrogens (tertiary/aromatic N) is 2. The fraction of sp³-hybridized carbons (Fsp3) is 0. The van der Waals surface area contributed by atoms with Crippen molar-refractivity contribution in [1.82, 2.24) is 9.97 Å². The van der Waals surface area contributed by atoms with Crippen LogP contribution in [0.5, 0.6) is 0 Å². The minimum absolute atomic E-state index is 0.901. The van der Waals surface area contributed by atoms with E-state index in [9.17, 15) is 0 Å². The number of thiophene rings is 4. The van der Waals surface area contributed by atoms with E-state index in [4.69, 9.17) is 9.97 Å². The molecule has 306 valence electrons. The van der Waals surface area contributed by atoms with Gasteiger partial charge in [-0.3, -0.25) is 0 Å². The lowest BCUT2D eigenvalue weighted by atomic mass is 9.93. The zero-order valence-electron chi connectivity index (χ0n) is 35.0. The summed E-state index contributed by atoms with van der Waals surface area (Å²) < 4.78 is 10.3. The van der Waals surface area contributed by atoms with Gasteiger partial charge in [0.1, 0.15) is 0 Å². The number of benzene rings is 9. The summed E-state index contributed by atoms with van der Waals surface area (Å²) in [6, 6.07) is 71.9. The molecule has 6 aromatic heterocycles. The molecule has 9 aromatic carbocycles. The molecule has 15 aromatic rings. The predicted molar refractivity (Wildman–Crippen MR) is 290 cm³/mol. The second-order valence-corrected chi connectivity index (χ2v) is 21.5. The smallest absolute Gasteiger partial charge is 0.0972 e. The molecule has 0 aliphatic rings. The van der Waals surface area contributed by atoms with Gasteiger partial charge in [-0.2, -0.15) is 0 Å². The van der Waals surface area contributed by atoms with E-state index in [0.717, 1.165) is 66.6 Å². The monoisotopic (exact) mass is 908 g/mol. The van der Waals surface area contributed by atoms with Gasteiger partial charge in [-0.05, 0) is 96.1 Å². The average molecular weight is 909 g/mol. The van der Waals surface area contributed by atoms with Crippen LogP contribution in [0.15, 0.2) is 194 Å². The lowest BCUT2D eigenvalue weighted by Gasteiger charge is -2.16. The molecule has 0 bridgehead atoms. The molecule has 0 radical (unpaired) electrons. The second kappa shape index (κ2) is 14.1. The van der Waals surface area contributed by atoms with Gasteiger partial charge in [0.25, 0.3) is 0 Å². The van der Waals surface area contributed by atoms with Crippen LogP contribution in [0.3, 0.4) is 0 Å². The Kier molecular flexibility index (Phi) is 7.89. The van der Waals surface area contributed by atoms with E-state index in [1.165, 1.54) is 80.7 Å². The van der Waals surface area contributed by atoms with Crippen molar-refractivity contribution in [3.8, 4) is 44.8 Å². The molecule has 66 heavy (non-hydrogen) atoms. The minimum atomic E-state index is 0.901. The summed E-state index contributed by atoms with van der Waals surface area (Å²) in [5, 5.41) is 12.3. The van der Waals surface area contributed by atoms with Crippen molar-refractivity contribution >= 4 is 148 Å². The molecule has 0 spiro atoms. The van der Waals surface area contributed by atoms with Crippen LogP contribution in [-0.2, 0) is 0 Å². The lowest BCUT2D eigenvalue weighted by molar-refractivity contribution is 1.37. The normalized spacial score (nSPS) is 12.2. The van der Waals surface area contributed by atoms with E-state index in [1.807, 2.05) is 45.3 Å². The summed E-state index contributed by atoms with van der Waals surface area (Å²) in [4.78, 5) is 11.6. The van der Waals surface area contributed by atoms with E-state index < -0.39 is 0 Å². The molecule has 0 fully saturated rings. The molecule has 0 unspecified atom stereocenters. The van der Waals surface area contributed by atoms with Gasteiger partial charge in [0.2, 0.25) is 0 Å². The summed E-state index contributed by atoms with van der Waals surface area (Å²) in [5.74, 6) is 0. The molecule has 6 heteroatoms. The van der Waals surface area contributed by atoms with E-state index in [0.29, 0.717) is 0 Å². The van der Waals surface area contributed by atoms with Crippen molar-refractivity contribution in [3.05, 3.63) is 194 Å². The summed E-state index contributed by atoms with van der Waals surface area (Å²) in [6.07, 6.45) is 0. The molecule has 0 N–H and O–H groups in total. The first-order chi connectivity index (χ1) is 32.6. The minimum Gasteiger partial charge on any atom is -0.245 e. The highest BCUT2D eigenvalue weighted by Crippen LogP contribution is 2.45. The summed E-state index contributed by atoms with van der Waals surface area (Å²) in [6.45, 7) is 0. The van der Waals surface area contributed by atoms with Gasteiger partial charge in [0.05, 0.1) is 22.4 Å². The highest BCUT2D eigenvalue weighted by molar-refractivity contribution is 7.27. The first-order valence-electron chi connectivity index (χ1n) is 22.1. The van der Waals surface area contributed by atoms with E-state index in [2.05, 4.69) is 194 Å². The SMILES string of the molecule is c1ccc2c(c1)sc1ccc(-c3cc4ccc5cc(-c6ccc7sc8ccccc8c7c6)c(-c6ccc7sc8ccccc8c7c6)nc5c4nc3-c3ccc4sc5ccccc5c4c3)cc12. The van der Waals surface area contributed by atoms with Gasteiger partial charge in [-0.15, -0.1) is 45.3 Å². The predicted octanol–water partition coefficient (Wildman–Crippen LogP) is 18.9. The van der Waals surface area contributed by atoms with Crippen molar-refractivity contribution in [1.29, 1.82) is 0 Å². The van der Waals surface area contributed by atoms with Crippen molar-refractivity contribution in [2.24, 2.45) is 0 Å². The molecule has 6 heterocycles. The third kappa shape index (κ3) is 5.57. The fourth-order valence-electron chi connectivity index (χ4n) is 10.3. The van der Waals surface area contributed by atoms with Gasteiger partial charge in [-0.1, -0.05) is 109 Å². The molecule has 15 rings (SSSR count). The number of rotatable bonds is 4. The van der Waals surface area contributed by atoms with Gasteiger partial charge >= 0.3 is 0 Å². The van der Waals surface area contributed by atoms with Crippen LogP contribution in [0, 0.1) is 0 Å². The summed E-state index contributed by atoms with van der Waals surface area (Å²) in [7, 11) is 0. The number of hydrogen-bond donors (Lipinski definition) is 0. The van der Waals surface area contributed by atoms with E-state index in [-0.39, 0.29) is 0 Å². The molecule has 0 saturated carbocycles. The Balaban J connectivity index is 1.01. The molecule has 0 saturated heterocycles. The van der Waals surface area contributed by atoms with E-state index >= 15 is 0 Å². The number of pyridine rings is 2. The van der Waals surface area contributed by atoms with Crippen LogP contribution in [0.25, 0.3) is 147 Å². The number of hydrogen-bond acceptors (Lipinski definition) is 6. The Bertz CT molecular complexity index is 4260. The third-order valence-corrected chi connectivity index (χ3v) is 18.1. The molecule has 0 amide bonds. The average Bonchev–Trinajstić information content (AvgIpc) is 4.15. The second-order valence-electron chi connectivity index (χ2n) is 17.2. The quantitative estimate of drug-likeness (QED) is 0.164. The van der Waals surface area contributed by atoms with Crippen molar-refractivity contribution in [2.75, 3.05) is 0 Å². The Morgan fingerprint density at radius 2 is 0.530 bits per heavy atom. The Labute approximate surface area is 393 Å². The molecule has 0 aliphatic heterocycles. The Hall–Kier alpha value is -7.32. The number of fused-ring (bicyclic) bond motifs is 15. The van der Waals surface area contributed by atoms with Crippen molar-refractivity contribution in [2.45, 2.75) is 0 Å². The van der Waals surface area contributed by atoms with Gasteiger partial charge < -0.3 is 0 Å².